The van der Waals surface area contributed by atoms with E-state index in [1.165, 1.54) is 23.3 Å². The van der Waals surface area contributed by atoms with Crippen LogP contribution in [0.1, 0.15) is 165 Å². The van der Waals surface area contributed by atoms with E-state index in [0.717, 1.165) is 140 Å². The standard InChI is InChI=1S/C54H76O10/c1-5-51(55)61-37-15-9-7-13-35-59-47-31-27-45(28-32-47)43-23-19-41(20-24-43)39(3)53(57)63-49-17-11-12-18-50(49)64-54(58)40(4)42-21-25-44(26-22-42)46-29-33-48(34-30-46)60-36-14-8-10-16-38-62-52(56)6-2/h5-6,27-34,39-44,49-50H,1-2,7-26,35-38H2,3-4H3/t39?,40?,41?,42?,43?,44?,49-,50-/m1/s1. The molecule has 0 radical (unpaired) electrons. The van der Waals surface area contributed by atoms with E-state index >= 15 is 0 Å². The van der Waals surface area contributed by atoms with Gasteiger partial charge in [-0.15, -0.1) is 0 Å². The van der Waals surface area contributed by atoms with Crippen molar-refractivity contribution in [2.45, 2.75) is 166 Å². The smallest absolute Gasteiger partial charge is 0.330 e. The van der Waals surface area contributed by atoms with Crippen LogP contribution in [-0.4, -0.2) is 62.5 Å². The minimum absolute atomic E-state index is 0.155. The van der Waals surface area contributed by atoms with Crippen molar-refractivity contribution >= 4 is 23.9 Å². The zero-order chi connectivity index (χ0) is 45.5. The van der Waals surface area contributed by atoms with Gasteiger partial charge in [0.15, 0.2) is 0 Å². The zero-order valence-corrected chi connectivity index (χ0v) is 38.9. The quantitative estimate of drug-likeness (QED) is 0.0390. The summed E-state index contributed by atoms with van der Waals surface area (Å²) in [6.07, 6.45) is 20.7. The van der Waals surface area contributed by atoms with Gasteiger partial charge in [-0.2, -0.15) is 0 Å². The molecule has 64 heavy (non-hydrogen) atoms. The van der Waals surface area contributed by atoms with Crippen molar-refractivity contribution in [3.05, 3.63) is 85.0 Å². The summed E-state index contributed by atoms with van der Waals surface area (Å²) in [6, 6.07) is 17.0. The summed E-state index contributed by atoms with van der Waals surface area (Å²) in [5.41, 5.74) is 2.65. The maximum atomic E-state index is 13.6. The third-order valence-corrected chi connectivity index (χ3v) is 14.0. The molecule has 0 N–H and O–H groups in total. The predicted octanol–water partition coefficient (Wildman–Crippen LogP) is 11.9. The van der Waals surface area contributed by atoms with Crippen LogP contribution in [0.15, 0.2) is 73.8 Å². The van der Waals surface area contributed by atoms with Gasteiger partial charge in [0.05, 0.1) is 38.3 Å². The maximum absolute atomic E-state index is 13.6. The van der Waals surface area contributed by atoms with E-state index in [1.54, 1.807) is 0 Å². The number of carbonyl (C=O) groups is 4. The summed E-state index contributed by atoms with van der Waals surface area (Å²) in [5, 5.41) is 0. The highest BCUT2D eigenvalue weighted by Crippen LogP contribution is 2.41. The molecule has 0 saturated heterocycles. The molecule has 4 atom stereocenters. The number of unbranched alkanes of at least 4 members (excludes halogenated alkanes) is 6. The lowest BCUT2D eigenvalue weighted by atomic mass is 9.74. The lowest BCUT2D eigenvalue weighted by molar-refractivity contribution is -0.178. The van der Waals surface area contributed by atoms with Crippen LogP contribution >= 0.6 is 0 Å². The Bertz CT molecular complexity index is 1590. The van der Waals surface area contributed by atoms with E-state index in [1.807, 2.05) is 13.8 Å². The van der Waals surface area contributed by atoms with Gasteiger partial charge in [0, 0.05) is 12.2 Å². The number of esters is 4. The first-order chi connectivity index (χ1) is 31.1. The molecule has 0 amide bonds. The van der Waals surface area contributed by atoms with Crippen molar-refractivity contribution in [2.24, 2.45) is 23.7 Å². The molecule has 0 aromatic heterocycles. The van der Waals surface area contributed by atoms with Crippen LogP contribution in [0.5, 0.6) is 11.5 Å². The highest BCUT2D eigenvalue weighted by atomic mass is 16.6. The second-order valence-corrected chi connectivity index (χ2v) is 18.4. The van der Waals surface area contributed by atoms with E-state index in [-0.39, 0.29) is 59.8 Å². The first kappa shape index (κ1) is 50.4. The Morgan fingerprint density at radius 3 is 1.19 bits per heavy atom. The molecule has 2 unspecified atom stereocenters. The number of hydrogen-bond acceptors (Lipinski definition) is 10. The van der Waals surface area contributed by atoms with Gasteiger partial charge in [-0.25, -0.2) is 9.59 Å². The van der Waals surface area contributed by atoms with Crippen LogP contribution < -0.4 is 9.47 Å². The summed E-state index contributed by atoms with van der Waals surface area (Å²) in [4.78, 5) is 49.4. The monoisotopic (exact) mass is 885 g/mol. The van der Waals surface area contributed by atoms with Gasteiger partial charge in [-0.3, -0.25) is 9.59 Å². The summed E-state index contributed by atoms with van der Waals surface area (Å²) in [5.74, 6) is 1.82. The number of carbonyl (C=O) groups excluding carboxylic acids is 4. The van der Waals surface area contributed by atoms with Crippen molar-refractivity contribution in [2.75, 3.05) is 26.4 Å². The van der Waals surface area contributed by atoms with Gasteiger partial charge in [0.2, 0.25) is 0 Å². The minimum Gasteiger partial charge on any atom is -0.494 e. The largest absolute Gasteiger partial charge is 0.494 e. The van der Waals surface area contributed by atoms with Gasteiger partial charge in [-0.05, 0) is 187 Å². The summed E-state index contributed by atoms with van der Waals surface area (Å²) >= 11 is 0. The SMILES string of the molecule is C=CC(=O)OCCCCCCOc1ccc(C2CCC(C(C)C(=O)O[C@@H]3CCCC[C@H]3OC(=O)C(C)C3CCC(c4ccc(OCCCCCCOC(=O)C=C)cc4)CC3)CC2)cc1. The van der Waals surface area contributed by atoms with Crippen molar-refractivity contribution < 1.29 is 47.6 Å². The maximum Gasteiger partial charge on any atom is 0.330 e. The van der Waals surface area contributed by atoms with Crippen LogP contribution in [0.25, 0.3) is 0 Å². The van der Waals surface area contributed by atoms with E-state index in [9.17, 15) is 19.2 Å². The molecule has 0 aliphatic heterocycles. The average Bonchev–Trinajstić information content (AvgIpc) is 3.33. The van der Waals surface area contributed by atoms with E-state index < -0.39 is 0 Å². The summed E-state index contributed by atoms with van der Waals surface area (Å²) in [6.45, 7) is 13.0. The van der Waals surface area contributed by atoms with E-state index in [2.05, 4.69) is 61.7 Å². The molecule has 10 heteroatoms. The molecule has 3 fully saturated rings. The Balaban J connectivity index is 0.956. The summed E-state index contributed by atoms with van der Waals surface area (Å²) in [7, 11) is 0. The minimum atomic E-state index is -0.380. The van der Waals surface area contributed by atoms with Gasteiger partial charge in [0.25, 0.3) is 0 Å². The molecular weight excluding hydrogens is 809 g/mol. The third-order valence-electron chi connectivity index (χ3n) is 14.0. The molecule has 2 aromatic carbocycles. The first-order valence-electron chi connectivity index (χ1n) is 24.6. The molecule has 352 valence electrons. The predicted molar refractivity (Wildman–Crippen MR) is 249 cm³/mol. The zero-order valence-electron chi connectivity index (χ0n) is 38.9. The number of ether oxygens (including phenoxy) is 6. The number of rotatable bonds is 26. The Morgan fingerprint density at radius 1 is 0.500 bits per heavy atom. The van der Waals surface area contributed by atoms with Crippen LogP contribution in [-0.2, 0) is 38.1 Å². The average molecular weight is 885 g/mol. The fourth-order valence-electron chi connectivity index (χ4n) is 9.77. The Labute approximate surface area is 383 Å². The molecule has 0 heterocycles. The Kier molecular flexibility index (Phi) is 21.8. The Morgan fingerprint density at radius 2 is 0.844 bits per heavy atom. The molecule has 3 aliphatic carbocycles. The van der Waals surface area contributed by atoms with Crippen molar-refractivity contribution in [1.29, 1.82) is 0 Å². The van der Waals surface area contributed by atoms with Crippen molar-refractivity contribution in [3.63, 3.8) is 0 Å². The fourth-order valence-corrected chi connectivity index (χ4v) is 9.77. The normalized spacial score (nSPS) is 23.1. The Hall–Kier alpha value is -4.60. The third kappa shape index (κ3) is 16.8. The molecule has 2 aromatic rings. The molecule has 3 aliphatic rings. The number of benzene rings is 2. The highest BCUT2D eigenvalue weighted by molar-refractivity contribution is 5.81. The van der Waals surface area contributed by atoms with E-state index in [4.69, 9.17) is 28.4 Å². The molecular formula is C54H76O10. The molecule has 0 bridgehead atoms. The molecule has 5 rings (SSSR count). The molecule has 10 nitrogen and oxygen atoms in total. The fraction of sp³-hybridized carbons (Fsp3) is 0.630. The second-order valence-electron chi connectivity index (χ2n) is 18.4. The van der Waals surface area contributed by atoms with Crippen LogP contribution in [0.3, 0.4) is 0 Å². The topological polar surface area (TPSA) is 124 Å². The molecule has 0 spiro atoms. The molecule has 3 saturated carbocycles. The van der Waals surface area contributed by atoms with Gasteiger partial charge < -0.3 is 28.4 Å². The number of hydrogen-bond donors (Lipinski definition) is 0. The van der Waals surface area contributed by atoms with Gasteiger partial charge in [0.1, 0.15) is 23.7 Å². The van der Waals surface area contributed by atoms with Crippen molar-refractivity contribution in [1.82, 2.24) is 0 Å². The summed E-state index contributed by atoms with van der Waals surface area (Å²) < 4.78 is 34.4. The lowest BCUT2D eigenvalue weighted by Gasteiger charge is -2.36. The second kappa shape index (κ2) is 27.7. The van der Waals surface area contributed by atoms with Crippen LogP contribution in [0.2, 0.25) is 0 Å². The van der Waals surface area contributed by atoms with Gasteiger partial charge in [-0.1, -0.05) is 51.3 Å². The van der Waals surface area contributed by atoms with Crippen LogP contribution in [0.4, 0.5) is 0 Å². The lowest BCUT2D eigenvalue weighted by Crippen LogP contribution is -2.41. The highest BCUT2D eigenvalue weighted by Gasteiger charge is 2.38. The van der Waals surface area contributed by atoms with E-state index in [0.29, 0.717) is 38.3 Å². The van der Waals surface area contributed by atoms with Crippen LogP contribution in [0, 0.1) is 23.7 Å². The van der Waals surface area contributed by atoms with Gasteiger partial charge >= 0.3 is 23.9 Å². The van der Waals surface area contributed by atoms with Crippen molar-refractivity contribution in [3.8, 4) is 11.5 Å². The first-order valence-corrected chi connectivity index (χ1v) is 24.6.